The van der Waals surface area contributed by atoms with Crippen LogP contribution in [0.5, 0.6) is 0 Å². The number of halogens is 1. The molecule has 2 bridgehead atoms. The Morgan fingerprint density at radius 3 is 2.70 bits per heavy atom. The lowest BCUT2D eigenvalue weighted by atomic mass is 9.53. The Balaban J connectivity index is 1.77. The van der Waals surface area contributed by atoms with Crippen molar-refractivity contribution in [3.05, 3.63) is 58.6 Å². The molecule has 1 spiro atoms. The second-order valence-corrected chi connectivity index (χ2v) is 8.56. The van der Waals surface area contributed by atoms with E-state index >= 15 is 0 Å². The molecule has 4 unspecified atom stereocenters. The molecule has 118 valence electrons. The quantitative estimate of drug-likeness (QED) is 0.522. The summed E-state index contributed by atoms with van der Waals surface area (Å²) in [7, 11) is 0. The van der Waals surface area contributed by atoms with Gasteiger partial charge in [0.15, 0.2) is 0 Å². The van der Waals surface area contributed by atoms with Gasteiger partial charge in [0, 0.05) is 10.4 Å². The van der Waals surface area contributed by atoms with Gasteiger partial charge in [-0.1, -0.05) is 48.9 Å². The molecule has 2 aromatic rings. The summed E-state index contributed by atoms with van der Waals surface area (Å²) in [5.74, 6) is 2.60. The monoisotopic (exact) mass is 322 g/mol. The van der Waals surface area contributed by atoms with Gasteiger partial charge in [0.2, 0.25) is 0 Å². The van der Waals surface area contributed by atoms with E-state index < -0.39 is 0 Å². The van der Waals surface area contributed by atoms with Crippen molar-refractivity contribution >= 4 is 11.6 Å². The van der Waals surface area contributed by atoms with Crippen molar-refractivity contribution in [3.63, 3.8) is 0 Å². The van der Waals surface area contributed by atoms with Crippen molar-refractivity contribution in [2.75, 3.05) is 0 Å². The fraction of sp³-hybridized carbons (Fsp3) is 0.455. The van der Waals surface area contributed by atoms with Crippen molar-refractivity contribution < 1.29 is 0 Å². The summed E-state index contributed by atoms with van der Waals surface area (Å²) >= 11 is 6.43. The average Bonchev–Trinajstić information content (AvgIpc) is 2.82. The molecule has 4 atom stereocenters. The molecule has 2 fully saturated rings. The zero-order chi connectivity index (χ0) is 15.6. The Morgan fingerprint density at radius 1 is 0.957 bits per heavy atom. The third-order valence-corrected chi connectivity index (χ3v) is 7.08. The van der Waals surface area contributed by atoms with Crippen LogP contribution in [0.4, 0.5) is 0 Å². The highest BCUT2D eigenvalue weighted by atomic mass is 35.5. The molecule has 2 aromatic carbocycles. The third kappa shape index (κ3) is 1.85. The Bertz CT molecular complexity index is 775. The molecular weight excluding hydrogens is 300 g/mol. The van der Waals surface area contributed by atoms with Gasteiger partial charge in [-0.3, -0.25) is 0 Å². The number of hydrogen-bond acceptors (Lipinski definition) is 0. The summed E-state index contributed by atoms with van der Waals surface area (Å²) in [6.07, 6.45) is 6.90. The van der Waals surface area contributed by atoms with E-state index in [1.54, 1.807) is 5.56 Å². The molecule has 5 rings (SSSR count). The number of hydrogen-bond donors (Lipinski definition) is 0. The molecule has 0 radical (unpaired) electrons. The molecule has 0 nitrogen and oxygen atoms in total. The van der Waals surface area contributed by atoms with Gasteiger partial charge in [0.1, 0.15) is 0 Å². The molecule has 0 aromatic heterocycles. The SMILES string of the molecule is CC1CC2CCC3(c4ccccc4-c4ccc(Cl)cc43)C(C1)C2. The number of rotatable bonds is 0. The van der Waals surface area contributed by atoms with Crippen LogP contribution in [-0.2, 0) is 5.41 Å². The zero-order valence-corrected chi connectivity index (χ0v) is 14.4. The molecule has 1 heteroatoms. The van der Waals surface area contributed by atoms with Crippen LogP contribution < -0.4 is 0 Å². The van der Waals surface area contributed by atoms with E-state index in [0.29, 0.717) is 0 Å². The predicted octanol–water partition coefficient (Wildman–Crippen LogP) is 6.45. The molecule has 3 aliphatic carbocycles. The number of fused-ring (bicyclic) bond motifs is 8. The molecule has 3 aliphatic rings. The fourth-order valence-corrected chi connectivity index (χ4v) is 6.27. The van der Waals surface area contributed by atoms with Crippen LogP contribution in [0.15, 0.2) is 42.5 Å². The van der Waals surface area contributed by atoms with Gasteiger partial charge in [-0.05, 0) is 84.2 Å². The van der Waals surface area contributed by atoms with Gasteiger partial charge < -0.3 is 0 Å². The second-order valence-electron chi connectivity index (χ2n) is 8.12. The van der Waals surface area contributed by atoms with Crippen molar-refractivity contribution in [1.29, 1.82) is 0 Å². The van der Waals surface area contributed by atoms with E-state index in [2.05, 4.69) is 49.4 Å². The van der Waals surface area contributed by atoms with E-state index in [1.807, 2.05) is 0 Å². The van der Waals surface area contributed by atoms with E-state index in [-0.39, 0.29) is 5.41 Å². The highest BCUT2D eigenvalue weighted by molar-refractivity contribution is 6.30. The Labute approximate surface area is 143 Å². The van der Waals surface area contributed by atoms with Gasteiger partial charge in [0.05, 0.1) is 0 Å². The minimum Gasteiger partial charge on any atom is -0.0843 e. The highest BCUT2D eigenvalue weighted by Crippen LogP contribution is 2.62. The zero-order valence-electron chi connectivity index (χ0n) is 13.7. The number of benzene rings is 2. The Kier molecular flexibility index (Phi) is 2.98. The fourth-order valence-electron chi connectivity index (χ4n) is 6.10. The lowest BCUT2D eigenvalue weighted by Crippen LogP contribution is -2.44. The standard InChI is InChI=1S/C22H23Cl/c1-14-10-15-8-9-22(16(11-14)12-15)20-5-3-2-4-18(20)19-7-6-17(23)13-21(19)22/h2-7,13-16H,8-12H2,1H3. The molecular formula is C22H23Cl. The van der Waals surface area contributed by atoms with Crippen molar-refractivity contribution in [3.8, 4) is 11.1 Å². The lowest BCUT2D eigenvalue weighted by Gasteiger charge is -2.50. The second kappa shape index (κ2) is 4.86. The van der Waals surface area contributed by atoms with E-state index in [0.717, 1.165) is 22.8 Å². The van der Waals surface area contributed by atoms with E-state index in [4.69, 9.17) is 11.6 Å². The van der Waals surface area contributed by atoms with Gasteiger partial charge in [0.25, 0.3) is 0 Å². The molecule has 23 heavy (non-hydrogen) atoms. The van der Waals surface area contributed by atoms with Gasteiger partial charge in [-0.25, -0.2) is 0 Å². The van der Waals surface area contributed by atoms with Crippen molar-refractivity contribution in [1.82, 2.24) is 0 Å². The maximum Gasteiger partial charge on any atom is 0.0409 e. The maximum absolute atomic E-state index is 6.43. The van der Waals surface area contributed by atoms with Gasteiger partial charge in [-0.2, -0.15) is 0 Å². The predicted molar refractivity (Wildman–Crippen MR) is 96.9 cm³/mol. The summed E-state index contributed by atoms with van der Waals surface area (Å²) in [4.78, 5) is 0. The maximum atomic E-state index is 6.43. The minimum absolute atomic E-state index is 0.224. The van der Waals surface area contributed by atoms with Crippen LogP contribution in [0.1, 0.15) is 50.2 Å². The van der Waals surface area contributed by atoms with Crippen LogP contribution in [0.2, 0.25) is 5.02 Å². The summed E-state index contributed by atoms with van der Waals surface area (Å²) in [6, 6.07) is 15.7. The summed E-state index contributed by atoms with van der Waals surface area (Å²) in [5, 5.41) is 0.891. The summed E-state index contributed by atoms with van der Waals surface area (Å²) in [5.41, 5.74) is 6.21. The van der Waals surface area contributed by atoms with Crippen LogP contribution in [0.3, 0.4) is 0 Å². The largest absolute Gasteiger partial charge is 0.0843 e. The summed E-state index contributed by atoms with van der Waals surface area (Å²) < 4.78 is 0. The smallest absolute Gasteiger partial charge is 0.0409 e. The Hall–Kier alpha value is -1.27. The lowest BCUT2D eigenvalue weighted by molar-refractivity contribution is 0.0856. The molecule has 0 saturated heterocycles. The van der Waals surface area contributed by atoms with Crippen LogP contribution in [0, 0.1) is 17.8 Å². The van der Waals surface area contributed by atoms with Gasteiger partial charge in [-0.15, -0.1) is 0 Å². The molecule has 0 amide bonds. The van der Waals surface area contributed by atoms with Crippen LogP contribution in [0.25, 0.3) is 11.1 Å². The highest BCUT2D eigenvalue weighted by Gasteiger charge is 2.52. The van der Waals surface area contributed by atoms with E-state index in [1.165, 1.54) is 48.8 Å². The molecule has 0 heterocycles. The summed E-state index contributed by atoms with van der Waals surface area (Å²) in [6.45, 7) is 2.46. The van der Waals surface area contributed by atoms with Crippen molar-refractivity contribution in [2.45, 2.75) is 44.4 Å². The third-order valence-electron chi connectivity index (χ3n) is 6.84. The molecule has 0 aliphatic heterocycles. The van der Waals surface area contributed by atoms with Crippen molar-refractivity contribution in [2.24, 2.45) is 17.8 Å². The Morgan fingerprint density at radius 2 is 1.78 bits per heavy atom. The topological polar surface area (TPSA) is 0 Å². The first-order valence-electron chi connectivity index (χ1n) is 9.08. The molecule has 0 N–H and O–H groups in total. The van der Waals surface area contributed by atoms with Crippen LogP contribution >= 0.6 is 11.6 Å². The minimum atomic E-state index is 0.224. The first-order valence-corrected chi connectivity index (χ1v) is 9.46. The average molecular weight is 323 g/mol. The van der Waals surface area contributed by atoms with Crippen LogP contribution in [-0.4, -0.2) is 0 Å². The van der Waals surface area contributed by atoms with Gasteiger partial charge >= 0.3 is 0 Å². The molecule has 2 saturated carbocycles. The normalized spacial score (nSPS) is 34.3. The van der Waals surface area contributed by atoms with E-state index in [9.17, 15) is 0 Å². The first-order chi connectivity index (χ1) is 11.2. The first kappa shape index (κ1) is 14.1.